The van der Waals surface area contributed by atoms with E-state index >= 15 is 0 Å². The predicted molar refractivity (Wildman–Crippen MR) is 124 cm³/mol. The molecule has 0 aliphatic carbocycles. The van der Waals surface area contributed by atoms with Crippen molar-refractivity contribution in [1.82, 2.24) is 24.9 Å². The number of aryl methyl sites for hydroxylation is 1. The molecule has 2 heterocycles. The molecule has 0 N–H and O–H groups in total. The summed E-state index contributed by atoms with van der Waals surface area (Å²) in [6.45, 7) is 6.45. The lowest BCUT2D eigenvalue weighted by molar-refractivity contribution is 0.0793. The van der Waals surface area contributed by atoms with Crippen molar-refractivity contribution < 1.29 is 13.6 Å². The SMILES string of the molecule is CCCCN(C)C(=O)c1ccc(-n2nc(-c3nnc(C)o3)c(C)c2-c2ccc(F)cc2)cc1. The first-order chi connectivity index (χ1) is 15.9. The quantitative estimate of drug-likeness (QED) is 0.388. The molecule has 0 spiro atoms. The minimum Gasteiger partial charge on any atom is -0.420 e. The van der Waals surface area contributed by atoms with Crippen LogP contribution in [-0.2, 0) is 0 Å². The molecular weight excluding hydrogens is 421 g/mol. The second-order valence-electron chi connectivity index (χ2n) is 7.99. The third-order valence-electron chi connectivity index (χ3n) is 5.52. The number of carbonyl (C=O) groups excluding carboxylic acids is 1. The van der Waals surface area contributed by atoms with Crippen LogP contribution in [0.3, 0.4) is 0 Å². The fourth-order valence-electron chi connectivity index (χ4n) is 3.69. The number of carbonyl (C=O) groups is 1. The molecule has 0 saturated carbocycles. The summed E-state index contributed by atoms with van der Waals surface area (Å²) in [5.41, 5.74) is 4.31. The highest BCUT2D eigenvalue weighted by Gasteiger charge is 2.22. The fourth-order valence-corrected chi connectivity index (χ4v) is 3.69. The molecule has 2 aromatic carbocycles. The zero-order valence-corrected chi connectivity index (χ0v) is 19.2. The summed E-state index contributed by atoms with van der Waals surface area (Å²) in [5.74, 6) is 0.423. The number of aromatic nitrogens is 4. The summed E-state index contributed by atoms with van der Waals surface area (Å²) >= 11 is 0. The smallest absolute Gasteiger partial charge is 0.268 e. The van der Waals surface area contributed by atoms with E-state index in [1.807, 2.05) is 26.1 Å². The van der Waals surface area contributed by atoms with E-state index in [0.717, 1.165) is 41.9 Å². The number of hydrogen-bond acceptors (Lipinski definition) is 5. The summed E-state index contributed by atoms with van der Waals surface area (Å²) in [5, 5.41) is 12.8. The number of unbranched alkanes of at least 4 members (excludes halogenated alkanes) is 1. The van der Waals surface area contributed by atoms with Gasteiger partial charge in [0.15, 0.2) is 5.69 Å². The van der Waals surface area contributed by atoms with E-state index in [1.165, 1.54) is 12.1 Å². The molecule has 0 saturated heterocycles. The molecule has 33 heavy (non-hydrogen) atoms. The Bertz CT molecular complexity index is 1260. The molecule has 2 aromatic heterocycles. The van der Waals surface area contributed by atoms with Crippen LogP contribution in [0, 0.1) is 19.7 Å². The zero-order valence-electron chi connectivity index (χ0n) is 19.2. The highest BCUT2D eigenvalue weighted by Crippen LogP contribution is 2.33. The fraction of sp³-hybridized carbons (Fsp3) is 0.280. The van der Waals surface area contributed by atoms with Gasteiger partial charge in [0.1, 0.15) is 5.82 Å². The monoisotopic (exact) mass is 447 g/mol. The Morgan fingerprint density at radius 2 is 1.76 bits per heavy atom. The maximum Gasteiger partial charge on any atom is 0.268 e. The van der Waals surface area contributed by atoms with Gasteiger partial charge in [-0.1, -0.05) is 13.3 Å². The molecule has 0 unspecified atom stereocenters. The summed E-state index contributed by atoms with van der Waals surface area (Å²) in [6.07, 6.45) is 2.00. The van der Waals surface area contributed by atoms with Crippen molar-refractivity contribution in [3.8, 4) is 28.5 Å². The van der Waals surface area contributed by atoms with Gasteiger partial charge in [0.25, 0.3) is 11.8 Å². The highest BCUT2D eigenvalue weighted by atomic mass is 19.1. The van der Waals surface area contributed by atoms with Gasteiger partial charge in [-0.15, -0.1) is 10.2 Å². The average molecular weight is 448 g/mol. The van der Waals surface area contributed by atoms with E-state index in [4.69, 9.17) is 9.52 Å². The van der Waals surface area contributed by atoms with Crippen LogP contribution in [0.15, 0.2) is 52.9 Å². The molecule has 1 amide bonds. The van der Waals surface area contributed by atoms with Crippen molar-refractivity contribution in [2.75, 3.05) is 13.6 Å². The summed E-state index contributed by atoms with van der Waals surface area (Å²) in [4.78, 5) is 14.4. The number of rotatable bonds is 7. The lowest BCUT2D eigenvalue weighted by atomic mass is 10.1. The number of hydrogen-bond donors (Lipinski definition) is 0. The van der Waals surface area contributed by atoms with E-state index in [0.29, 0.717) is 23.0 Å². The molecule has 8 heteroatoms. The molecule has 0 aliphatic rings. The zero-order chi connectivity index (χ0) is 23.5. The maximum atomic E-state index is 13.6. The average Bonchev–Trinajstić information content (AvgIpc) is 3.40. The third kappa shape index (κ3) is 4.55. The van der Waals surface area contributed by atoms with Crippen LogP contribution in [0.2, 0.25) is 0 Å². The first-order valence-corrected chi connectivity index (χ1v) is 10.9. The van der Waals surface area contributed by atoms with Gasteiger partial charge < -0.3 is 9.32 Å². The Hall–Kier alpha value is -3.81. The van der Waals surface area contributed by atoms with Gasteiger partial charge in [-0.25, -0.2) is 9.07 Å². The van der Waals surface area contributed by atoms with Gasteiger partial charge >= 0.3 is 0 Å². The number of halogens is 1. The van der Waals surface area contributed by atoms with E-state index < -0.39 is 0 Å². The first kappa shape index (κ1) is 22.4. The van der Waals surface area contributed by atoms with Crippen LogP contribution >= 0.6 is 0 Å². The van der Waals surface area contributed by atoms with Gasteiger partial charge in [-0.3, -0.25) is 4.79 Å². The van der Waals surface area contributed by atoms with E-state index in [2.05, 4.69) is 17.1 Å². The van der Waals surface area contributed by atoms with Crippen molar-refractivity contribution in [3.05, 3.63) is 71.4 Å². The Morgan fingerprint density at radius 1 is 1.06 bits per heavy atom. The molecule has 0 atom stereocenters. The van der Waals surface area contributed by atoms with Crippen LogP contribution in [0.5, 0.6) is 0 Å². The summed E-state index contributed by atoms with van der Waals surface area (Å²) in [7, 11) is 1.81. The van der Waals surface area contributed by atoms with E-state index in [-0.39, 0.29) is 11.7 Å². The van der Waals surface area contributed by atoms with Crippen molar-refractivity contribution in [2.45, 2.75) is 33.6 Å². The van der Waals surface area contributed by atoms with Crippen molar-refractivity contribution in [1.29, 1.82) is 0 Å². The third-order valence-corrected chi connectivity index (χ3v) is 5.52. The lowest BCUT2D eigenvalue weighted by Crippen LogP contribution is -2.27. The summed E-state index contributed by atoms with van der Waals surface area (Å²) in [6, 6.07) is 13.5. The number of amides is 1. The van der Waals surface area contributed by atoms with Crippen LogP contribution in [0.4, 0.5) is 4.39 Å². The molecule has 170 valence electrons. The normalized spacial score (nSPS) is 11.1. The van der Waals surface area contributed by atoms with Crippen molar-refractivity contribution in [2.24, 2.45) is 0 Å². The Labute approximate surface area is 191 Å². The molecule has 0 radical (unpaired) electrons. The van der Waals surface area contributed by atoms with Crippen LogP contribution < -0.4 is 0 Å². The Morgan fingerprint density at radius 3 is 2.36 bits per heavy atom. The van der Waals surface area contributed by atoms with Crippen LogP contribution in [0.1, 0.15) is 41.6 Å². The minimum atomic E-state index is -0.315. The molecule has 4 aromatic rings. The standard InChI is InChI=1S/C25H26FN5O2/c1-5-6-15-30(4)25(32)19-9-13-21(14-10-19)31-23(18-7-11-20(26)12-8-18)16(2)22(29-31)24-28-27-17(3)33-24/h7-14H,5-6,15H2,1-4H3. The molecule has 0 fully saturated rings. The number of benzene rings is 2. The molecule has 4 rings (SSSR count). The van der Waals surface area contributed by atoms with Gasteiger partial charge in [0, 0.05) is 37.2 Å². The topological polar surface area (TPSA) is 77.1 Å². The highest BCUT2D eigenvalue weighted by molar-refractivity contribution is 5.94. The summed E-state index contributed by atoms with van der Waals surface area (Å²) < 4.78 is 20.9. The van der Waals surface area contributed by atoms with Gasteiger partial charge in [-0.2, -0.15) is 5.10 Å². The largest absolute Gasteiger partial charge is 0.420 e. The van der Waals surface area contributed by atoms with Crippen LogP contribution in [-0.4, -0.2) is 44.4 Å². The Balaban J connectivity index is 1.76. The Kier molecular flexibility index (Phi) is 6.35. The van der Waals surface area contributed by atoms with Gasteiger partial charge in [0.2, 0.25) is 5.89 Å². The second-order valence-corrected chi connectivity index (χ2v) is 7.99. The molecule has 7 nitrogen and oxygen atoms in total. The first-order valence-electron chi connectivity index (χ1n) is 10.9. The van der Waals surface area contributed by atoms with E-state index in [1.54, 1.807) is 40.8 Å². The number of nitrogens with zero attached hydrogens (tertiary/aromatic N) is 5. The minimum absolute atomic E-state index is 0.0209. The van der Waals surface area contributed by atoms with Gasteiger partial charge in [-0.05, 0) is 61.9 Å². The van der Waals surface area contributed by atoms with Crippen molar-refractivity contribution in [3.63, 3.8) is 0 Å². The van der Waals surface area contributed by atoms with Crippen LogP contribution in [0.25, 0.3) is 28.5 Å². The molecule has 0 bridgehead atoms. The second kappa shape index (κ2) is 9.36. The molecule has 0 aliphatic heterocycles. The lowest BCUT2D eigenvalue weighted by Gasteiger charge is -2.17. The predicted octanol–water partition coefficient (Wildman–Crippen LogP) is 5.22. The van der Waals surface area contributed by atoms with Gasteiger partial charge in [0.05, 0.1) is 11.4 Å². The maximum absolute atomic E-state index is 13.6. The van der Waals surface area contributed by atoms with E-state index in [9.17, 15) is 9.18 Å². The van der Waals surface area contributed by atoms with Crippen molar-refractivity contribution >= 4 is 5.91 Å². The molecular formula is C25H26FN5O2.